The number of rotatable bonds is 18. The van der Waals surface area contributed by atoms with Crippen LogP contribution in [0.1, 0.15) is 88.2 Å². The average molecular weight is 724 g/mol. The number of aliphatic hydroxyl groups is 2. The molecule has 278 valence electrons. The smallest absolute Gasteiger partial charge is 0.230 e. The normalized spacial score (nSPS) is 29.0. The lowest BCUT2D eigenvalue weighted by Crippen LogP contribution is -2.64. The first kappa shape index (κ1) is 37.9. The molecule has 0 spiro atoms. The van der Waals surface area contributed by atoms with E-state index >= 15 is 0 Å². The standard InChI is InChI=1S/C41H54FNO7S/c1-3-22-48-41-37(51-4-2)26-35(43-50-38-17-9-12-23-46-38)32-24-28(13-7-10-20-44)31(15-8-11-21-45)39(40(32)41)33-25-30(18-19-36(33)49-41)47-27-29-14-5-6-16-34(29)42/h3,5-6,14,16,18-19,24-25,28,31,37-40,44-45H,1,4,7-13,15,17,20-23,26-27H2,2H3. The van der Waals surface area contributed by atoms with Crippen molar-refractivity contribution in [2.75, 3.05) is 32.2 Å². The number of halogens is 1. The topological polar surface area (TPSA) is 99.0 Å². The highest BCUT2D eigenvalue weighted by Crippen LogP contribution is 2.62. The summed E-state index contributed by atoms with van der Waals surface area (Å²) in [5.41, 5.74) is 3.52. The fourth-order valence-electron chi connectivity index (χ4n) is 8.46. The van der Waals surface area contributed by atoms with Crippen molar-refractivity contribution >= 4 is 17.5 Å². The van der Waals surface area contributed by atoms with E-state index in [4.69, 9.17) is 28.9 Å². The third-order valence-electron chi connectivity index (χ3n) is 10.8. The quantitative estimate of drug-likeness (QED) is 0.0901. The molecule has 2 aromatic carbocycles. The van der Waals surface area contributed by atoms with Crippen LogP contribution < -0.4 is 9.47 Å². The number of benzene rings is 2. The van der Waals surface area contributed by atoms with Gasteiger partial charge in [-0.25, -0.2) is 4.39 Å². The second-order valence-corrected chi connectivity index (χ2v) is 15.5. The number of thioether (sulfide) groups is 1. The van der Waals surface area contributed by atoms with Gasteiger partial charge in [0, 0.05) is 43.1 Å². The Balaban J connectivity index is 1.48. The predicted octanol–water partition coefficient (Wildman–Crippen LogP) is 8.32. The van der Waals surface area contributed by atoms with Crippen LogP contribution in [0.25, 0.3) is 0 Å². The number of ether oxygens (including phenoxy) is 4. The van der Waals surface area contributed by atoms with Crippen molar-refractivity contribution in [3.05, 3.63) is 83.7 Å². The van der Waals surface area contributed by atoms with E-state index in [1.165, 1.54) is 6.07 Å². The Morgan fingerprint density at radius 1 is 1.08 bits per heavy atom. The minimum Gasteiger partial charge on any atom is -0.489 e. The Labute approximate surface area is 306 Å². The maximum atomic E-state index is 14.6. The molecule has 4 aliphatic rings. The molecule has 0 bridgehead atoms. The van der Waals surface area contributed by atoms with Crippen molar-refractivity contribution < 1.29 is 38.4 Å². The summed E-state index contributed by atoms with van der Waals surface area (Å²) in [6.45, 7) is 7.55. The average Bonchev–Trinajstić information content (AvgIpc) is 3.15. The number of hydrogen-bond donors (Lipinski definition) is 2. The zero-order valence-electron chi connectivity index (χ0n) is 29.9. The molecule has 1 saturated carbocycles. The molecule has 2 heterocycles. The molecular weight excluding hydrogens is 670 g/mol. The van der Waals surface area contributed by atoms with E-state index in [9.17, 15) is 14.6 Å². The van der Waals surface area contributed by atoms with Crippen molar-refractivity contribution in [2.45, 2.75) is 101 Å². The fraction of sp³-hybridized carbons (Fsp3) is 0.585. The largest absolute Gasteiger partial charge is 0.489 e. The van der Waals surface area contributed by atoms with Crippen molar-refractivity contribution in [3.8, 4) is 11.5 Å². The summed E-state index contributed by atoms with van der Waals surface area (Å²) in [6.07, 6.45) is 12.3. The van der Waals surface area contributed by atoms with Gasteiger partial charge in [-0.15, -0.1) is 6.58 Å². The molecule has 2 fully saturated rings. The second kappa shape index (κ2) is 18.2. The van der Waals surface area contributed by atoms with Gasteiger partial charge >= 0.3 is 0 Å². The van der Waals surface area contributed by atoms with Crippen LogP contribution in [0.15, 0.2) is 71.9 Å². The van der Waals surface area contributed by atoms with Gasteiger partial charge in [-0.2, -0.15) is 11.8 Å². The van der Waals surface area contributed by atoms with Crippen molar-refractivity contribution in [1.29, 1.82) is 0 Å². The molecule has 10 heteroatoms. The fourth-order valence-corrected chi connectivity index (χ4v) is 9.63. The molecule has 6 rings (SSSR count). The summed E-state index contributed by atoms with van der Waals surface area (Å²) in [6, 6.07) is 12.6. The predicted molar refractivity (Wildman–Crippen MR) is 198 cm³/mol. The van der Waals surface area contributed by atoms with E-state index in [1.807, 2.05) is 30.0 Å². The number of hydrogen-bond acceptors (Lipinski definition) is 9. The maximum absolute atomic E-state index is 14.6. The first-order chi connectivity index (χ1) is 25.0. The number of aliphatic hydroxyl groups excluding tert-OH is 2. The van der Waals surface area contributed by atoms with Gasteiger partial charge in [0.25, 0.3) is 0 Å². The Morgan fingerprint density at radius 2 is 1.90 bits per heavy atom. The van der Waals surface area contributed by atoms with Crippen molar-refractivity contribution in [1.82, 2.24) is 0 Å². The maximum Gasteiger partial charge on any atom is 0.230 e. The van der Waals surface area contributed by atoms with Gasteiger partial charge in [-0.05, 0) is 86.0 Å². The van der Waals surface area contributed by atoms with Crippen LogP contribution >= 0.6 is 11.8 Å². The Kier molecular flexibility index (Phi) is 13.5. The lowest BCUT2D eigenvalue weighted by molar-refractivity contribution is -0.223. The van der Waals surface area contributed by atoms with E-state index in [2.05, 4.69) is 25.6 Å². The van der Waals surface area contributed by atoms with Gasteiger partial charge in [0.05, 0.1) is 30.1 Å². The van der Waals surface area contributed by atoms with Crippen molar-refractivity contribution in [3.63, 3.8) is 0 Å². The molecule has 7 atom stereocenters. The molecule has 2 N–H and O–H groups in total. The third-order valence-corrected chi connectivity index (χ3v) is 12.0. The van der Waals surface area contributed by atoms with Gasteiger partial charge in [-0.3, -0.25) is 0 Å². The molecular formula is C41H54FNO7S. The van der Waals surface area contributed by atoms with Crippen LogP contribution in [-0.4, -0.2) is 65.4 Å². The van der Waals surface area contributed by atoms with Gasteiger partial charge < -0.3 is 34.0 Å². The summed E-state index contributed by atoms with van der Waals surface area (Å²) < 4.78 is 40.8. The van der Waals surface area contributed by atoms with Gasteiger partial charge in [0.2, 0.25) is 12.1 Å². The van der Waals surface area contributed by atoms with Crippen LogP contribution in [0, 0.1) is 23.6 Å². The summed E-state index contributed by atoms with van der Waals surface area (Å²) in [4.78, 5) is 6.15. The van der Waals surface area contributed by atoms with Crippen LogP contribution in [0.4, 0.5) is 4.39 Å². The summed E-state index contributed by atoms with van der Waals surface area (Å²) >= 11 is 1.82. The van der Waals surface area contributed by atoms with Gasteiger partial charge in [0.15, 0.2) is 0 Å². The molecule has 1 saturated heterocycles. The van der Waals surface area contributed by atoms with Crippen molar-refractivity contribution in [2.24, 2.45) is 22.9 Å². The molecule has 51 heavy (non-hydrogen) atoms. The molecule has 0 radical (unpaired) electrons. The summed E-state index contributed by atoms with van der Waals surface area (Å²) in [5, 5.41) is 24.4. The van der Waals surface area contributed by atoms with Crippen LogP contribution in [0.2, 0.25) is 0 Å². The molecule has 8 nitrogen and oxygen atoms in total. The van der Waals surface area contributed by atoms with E-state index in [0.29, 0.717) is 30.9 Å². The SMILES string of the molecule is C=CCOC12Oc3ccc(OCc4ccccc4F)cc3C3C(CCCCO)C(CCCCO)C=C(C(=NOC4CCCCO4)CC1SCC)C32. The van der Waals surface area contributed by atoms with E-state index < -0.39 is 5.79 Å². The summed E-state index contributed by atoms with van der Waals surface area (Å²) in [5.74, 6) is 1.09. The Hall–Kier alpha value is -2.89. The molecule has 2 aliphatic heterocycles. The van der Waals surface area contributed by atoms with E-state index in [-0.39, 0.29) is 60.8 Å². The number of allylic oxidation sites excluding steroid dienone is 1. The first-order valence-corrected chi connectivity index (χ1v) is 19.9. The van der Waals surface area contributed by atoms with Crippen LogP contribution in [0.5, 0.6) is 11.5 Å². The monoisotopic (exact) mass is 723 g/mol. The highest BCUT2D eigenvalue weighted by molar-refractivity contribution is 8.00. The molecule has 2 aromatic rings. The number of fused-ring (bicyclic) bond motifs is 2. The summed E-state index contributed by atoms with van der Waals surface area (Å²) in [7, 11) is 0. The van der Waals surface area contributed by atoms with Gasteiger partial charge in [-0.1, -0.05) is 55.3 Å². The van der Waals surface area contributed by atoms with E-state index in [0.717, 1.165) is 86.1 Å². The minimum absolute atomic E-state index is 0.0372. The Bertz CT molecular complexity index is 1510. The molecule has 2 aliphatic carbocycles. The molecule has 0 aromatic heterocycles. The third kappa shape index (κ3) is 8.51. The highest BCUT2D eigenvalue weighted by atomic mass is 32.2. The first-order valence-electron chi connectivity index (χ1n) is 18.9. The second-order valence-electron chi connectivity index (χ2n) is 14.0. The Morgan fingerprint density at radius 3 is 2.65 bits per heavy atom. The number of nitrogens with zero attached hydrogens (tertiary/aromatic N) is 1. The molecule has 0 amide bonds. The lowest BCUT2D eigenvalue weighted by Gasteiger charge is -2.58. The minimum atomic E-state index is -1.00. The lowest BCUT2D eigenvalue weighted by atomic mass is 9.56. The number of oxime groups is 1. The zero-order chi connectivity index (χ0) is 35.6. The number of unbranched alkanes of at least 4 members (excludes halogenated alkanes) is 2. The molecule has 7 unspecified atom stereocenters. The highest BCUT2D eigenvalue weighted by Gasteiger charge is 2.63. The zero-order valence-corrected chi connectivity index (χ0v) is 30.7. The van der Waals surface area contributed by atoms with Crippen LogP contribution in [-0.2, 0) is 20.9 Å². The van der Waals surface area contributed by atoms with Gasteiger partial charge in [0.1, 0.15) is 23.9 Å². The van der Waals surface area contributed by atoms with Crippen LogP contribution in [0.3, 0.4) is 0 Å². The van der Waals surface area contributed by atoms with E-state index in [1.54, 1.807) is 18.2 Å².